The van der Waals surface area contributed by atoms with Crippen molar-refractivity contribution in [2.24, 2.45) is 0 Å². The fourth-order valence-electron chi connectivity index (χ4n) is 2.94. The molecule has 1 aliphatic heterocycles. The Hall–Kier alpha value is -1.49. The maximum absolute atomic E-state index is 13.9. The van der Waals surface area contributed by atoms with Crippen molar-refractivity contribution in [3.63, 3.8) is 0 Å². The first-order chi connectivity index (χ1) is 11.7. The van der Waals surface area contributed by atoms with Crippen LogP contribution in [-0.4, -0.2) is 42.5 Å². The molecule has 2 nitrogen and oxygen atoms in total. The van der Waals surface area contributed by atoms with Gasteiger partial charge in [0.15, 0.2) is 0 Å². The summed E-state index contributed by atoms with van der Waals surface area (Å²) in [5.41, 5.74) is 2.00. The van der Waals surface area contributed by atoms with Crippen molar-refractivity contribution in [1.82, 2.24) is 9.80 Å². The van der Waals surface area contributed by atoms with Crippen molar-refractivity contribution in [2.75, 3.05) is 32.7 Å². The Kier molecular flexibility index (Phi) is 6.18. The Morgan fingerprint density at radius 1 is 0.917 bits per heavy atom. The predicted octanol–water partition coefficient (Wildman–Crippen LogP) is 4.42. The zero-order valence-electron chi connectivity index (χ0n) is 13.7. The average molecular weight is 389 g/mol. The molecule has 0 unspecified atom stereocenters. The molecule has 2 aromatic carbocycles. The lowest BCUT2D eigenvalue weighted by Crippen LogP contribution is -2.45. The van der Waals surface area contributed by atoms with Gasteiger partial charge in [0.1, 0.15) is 5.82 Å². The number of rotatable bonds is 5. The van der Waals surface area contributed by atoms with E-state index in [1.165, 1.54) is 11.6 Å². The van der Waals surface area contributed by atoms with Crippen LogP contribution in [0.25, 0.3) is 6.08 Å². The van der Waals surface area contributed by atoms with Gasteiger partial charge >= 0.3 is 0 Å². The van der Waals surface area contributed by atoms with Crippen molar-refractivity contribution in [3.8, 4) is 0 Å². The first kappa shape index (κ1) is 17.3. The largest absolute Gasteiger partial charge is 0.297 e. The number of hydrogen-bond donors (Lipinski definition) is 0. The maximum Gasteiger partial charge on any atom is 0.128 e. The fourth-order valence-corrected chi connectivity index (χ4v) is 3.41. The quantitative estimate of drug-likeness (QED) is 0.747. The molecule has 2 aromatic rings. The lowest BCUT2D eigenvalue weighted by atomic mass is 10.2. The molecular formula is C20H22BrFN2. The third-order valence-corrected chi connectivity index (χ3v) is 5.12. The van der Waals surface area contributed by atoms with E-state index in [1.807, 2.05) is 12.1 Å². The summed E-state index contributed by atoms with van der Waals surface area (Å²) in [7, 11) is 0. The normalized spacial score (nSPS) is 16.8. The zero-order valence-corrected chi connectivity index (χ0v) is 15.3. The monoisotopic (exact) mass is 388 g/mol. The molecule has 0 N–H and O–H groups in total. The highest BCUT2D eigenvalue weighted by molar-refractivity contribution is 9.10. The first-order valence-electron chi connectivity index (χ1n) is 8.31. The van der Waals surface area contributed by atoms with Gasteiger partial charge in [0.05, 0.1) is 0 Å². The van der Waals surface area contributed by atoms with Crippen LogP contribution < -0.4 is 0 Å². The molecule has 0 aromatic heterocycles. The minimum absolute atomic E-state index is 0.127. The molecule has 24 heavy (non-hydrogen) atoms. The molecule has 1 aliphatic rings. The lowest BCUT2D eigenvalue weighted by molar-refractivity contribution is 0.136. The SMILES string of the molecule is Fc1cccc(Br)c1CN1CCN(C/C=C/c2ccccc2)CC1. The van der Waals surface area contributed by atoms with E-state index in [1.54, 1.807) is 6.07 Å². The molecular weight excluding hydrogens is 367 g/mol. The van der Waals surface area contributed by atoms with E-state index in [2.05, 4.69) is 62.1 Å². The number of nitrogens with zero attached hydrogens (tertiary/aromatic N) is 2. The average Bonchev–Trinajstić information content (AvgIpc) is 2.61. The van der Waals surface area contributed by atoms with Gasteiger partial charge in [-0.2, -0.15) is 0 Å². The van der Waals surface area contributed by atoms with Gasteiger partial charge in [-0.05, 0) is 17.7 Å². The zero-order chi connectivity index (χ0) is 16.8. The van der Waals surface area contributed by atoms with E-state index in [0.717, 1.165) is 42.8 Å². The number of piperazine rings is 1. The molecule has 4 heteroatoms. The van der Waals surface area contributed by atoms with Gasteiger partial charge in [-0.1, -0.05) is 64.5 Å². The van der Waals surface area contributed by atoms with Crippen molar-refractivity contribution >= 4 is 22.0 Å². The van der Waals surface area contributed by atoms with E-state index in [0.29, 0.717) is 6.54 Å². The van der Waals surface area contributed by atoms with Crippen LogP contribution >= 0.6 is 15.9 Å². The summed E-state index contributed by atoms with van der Waals surface area (Å²) in [5, 5.41) is 0. The van der Waals surface area contributed by atoms with Gasteiger partial charge in [-0.25, -0.2) is 4.39 Å². The Balaban J connectivity index is 1.47. The minimum atomic E-state index is -0.127. The Bertz CT molecular complexity index is 659. The molecule has 1 saturated heterocycles. The van der Waals surface area contributed by atoms with Crippen molar-refractivity contribution in [3.05, 3.63) is 76.0 Å². The summed E-state index contributed by atoms with van der Waals surface area (Å²) >= 11 is 3.46. The van der Waals surface area contributed by atoms with Crippen molar-refractivity contribution in [2.45, 2.75) is 6.54 Å². The topological polar surface area (TPSA) is 6.48 Å². The van der Waals surface area contributed by atoms with Gasteiger partial charge in [0.2, 0.25) is 0 Å². The van der Waals surface area contributed by atoms with Crippen LogP contribution in [0.2, 0.25) is 0 Å². The van der Waals surface area contributed by atoms with Crippen LogP contribution in [-0.2, 0) is 6.54 Å². The Labute approximate surface area is 151 Å². The fraction of sp³-hybridized carbons (Fsp3) is 0.300. The van der Waals surface area contributed by atoms with Crippen LogP contribution in [0.4, 0.5) is 4.39 Å². The standard InChI is InChI=1S/C20H22BrFN2/c21-19-9-4-10-20(22)18(19)16-24-14-12-23(13-15-24)11-5-8-17-6-2-1-3-7-17/h1-10H,11-16H2/b8-5+. The van der Waals surface area contributed by atoms with E-state index in [9.17, 15) is 4.39 Å². The van der Waals surface area contributed by atoms with Gasteiger partial charge in [0.25, 0.3) is 0 Å². The summed E-state index contributed by atoms with van der Waals surface area (Å²) in [6, 6.07) is 15.5. The second-order valence-corrected chi connectivity index (χ2v) is 6.94. The molecule has 1 fully saturated rings. The molecule has 126 valence electrons. The van der Waals surface area contributed by atoms with Gasteiger partial charge in [-0.15, -0.1) is 0 Å². The highest BCUT2D eigenvalue weighted by Gasteiger charge is 2.18. The van der Waals surface area contributed by atoms with Gasteiger partial charge < -0.3 is 0 Å². The number of benzene rings is 2. The predicted molar refractivity (Wildman–Crippen MR) is 101 cm³/mol. The van der Waals surface area contributed by atoms with Crippen molar-refractivity contribution < 1.29 is 4.39 Å². The van der Waals surface area contributed by atoms with Crippen LogP contribution in [0.5, 0.6) is 0 Å². The Morgan fingerprint density at radius 2 is 1.62 bits per heavy atom. The third-order valence-electron chi connectivity index (χ3n) is 4.38. The summed E-state index contributed by atoms with van der Waals surface area (Å²) in [5.74, 6) is -0.127. The van der Waals surface area contributed by atoms with E-state index >= 15 is 0 Å². The molecule has 0 bridgehead atoms. The van der Waals surface area contributed by atoms with Crippen LogP contribution in [0.3, 0.4) is 0 Å². The van der Waals surface area contributed by atoms with Gasteiger partial charge in [0, 0.05) is 49.3 Å². The summed E-state index contributed by atoms with van der Waals surface area (Å²) in [6.45, 7) is 5.61. The molecule has 3 rings (SSSR count). The molecule has 0 amide bonds. The second kappa shape index (κ2) is 8.56. The molecule has 0 aliphatic carbocycles. The maximum atomic E-state index is 13.9. The second-order valence-electron chi connectivity index (χ2n) is 6.09. The molecule has 0 atom stereocenters. The first-order valence-corrected chi connectivity index (χ1v) is 9.11. The molecule has 0 radical (unpaired) electrons. The number of halogens is 2. The highest BCUT2D eigenvalue weighted by atomic mass is 79.9. The smallest absolute Gasteiger partial charge is 0.128 e. The Morgan fingerprint density at radius 3 is 2.33 bits per heavy atom. The van der Waals surface area contributed by atoms with E-state index in [-0.39, 0.29) is 5.82 Å². The molecule has 0 saturated carbocycles. The highest BCUT2D eigenvalue weighted by Crippen LogP contribution is 2.21. The minimum Gasteiger partial charge on any atom is -0.297 e. The molecule has 1 heterocycles. The van der Waals surface area contributed by atoms with Crippen LogP contribution in [0.15, 0.2) is 59.1 Å². The lowest BCUT2D eigenvalue weighted by Gasteiger charge is -2.34. The van der Waals surface area contributed by atoms with Gasteiger partial charge in [-0.3, -0.25) is 9.80 Å². The summed E-state index contributed by atoms with van der Waals surface area (Å²) < 4.78 is 14.8. The summed E-state index contributed by atoms with van der Waals surface area (Å²) in [6.07, 6.45) is 4.39. The van der Waals surface area contributed by atoms with Crippen LogP contribution in [0, 0.1) is 5.82 Å². The van der Waals surface area contributed by atoms with E-state index < -0.39 is 0 Å². The van der Waals surface area contributed by atoms with E-state index in [4.69, 9.17) is 0 Å². The van der Waals surface area contributed by atoms with Crippen LogP contribution in [0.1, 0.15) is 11.1 Å². The third kappa shape index (κ3) is 4.76. The molecule has 0 spiro atoms. The number of hydrogen-bond acceptors (Lipinski definition) is 2. The van der Waals surface area contributed by atoms with Crippen molar-refractivity contribution in [1.29, 1.82) is 0 Å². The summed E-state index contributed by atoms with van der Waals surface area (Å²) in [4.78, 5) is 4.76.